The van der Waals surface area contributed by atoms with Crippen LogP contribution in [0.2, 0.25) is 0 Å². The van der Waals surface area contributed by atoms with E-state index in [1.165, 1.54) is 12.1 Å². The van der Waals surface area contributed by atoms with Gasteiger partial charge < -0.3 is 15.4 Å². The molecule has 0 spiro atoms. The molecule has 2 aromatic carbocycles. The second kappa shape index (κ2) is 8.88. The van der Waals surface area contributed by atoms with Crippen LogP contribution in [0.1, 0.15) is 11.1 Å². The summed E-state index contributed by atoms with van der Waals surface area (Å²) in [6.45, 7) is -0.302. The summed E-state index contributed by atoms with van der Waals surface area (Å²) in [5, 5.41) is 4.38. The van der Waals surface area contributed by atoms with Gasteiger partial charge in [0, 0.05) is 18.3 Å². The molecule has 0 aliphatic heterocycles. The lowest BCUT2D eigenvalue weighted by atomic mass is 10.2. The summed E-state index contributed by atoms with van der Waals surface area (Å²) < 4.78 is 41.6. The molecule has 2 N–H and O–H groups in total. The standard InChI is InChI=1S/C19H17F3N2O3/c1-27-16-8-5-13(6-9-16)7-10-17(25)24-15-4-2-3-14(11-15)12-23-18(26)19(20,21)22/h2-11H,12H2,1H3,(H,23,26)(H,24,25)/b10-7+. The monoisotopic (exact) mass is 378 g/mol. The average Bonchev–Trinajstić information content (AvgIpc) is 2.64. The van der Waals surface area contributed by atoms with Gasteiger partial charge in [0.25, 0.3) is 0 Å². The molecule has 0 heterocycles. The quantitative estimate of drug-likeness (QED) is 0.756. The molecule has 0 saturated carbocycles. The SMILES string of the molecule is COc1ccc(/C=C/C(=O)Nc2cccc(CNC(=O)C(F)(F)F)c2)cc1. The Balaban J connectivity index is 1.93. The third-order valence-electron chi connectivity index (χ3n) is 3.45. The van der Waals surface area contributed by atoms with Crippen LogP contribution in [0.4, 0.5) is 18.9 Å². The Morgan fingerprint density at radius 1 is 1.11 bits per heavy atom. The first-order chi connectivity index (χ1) is 12.8. The van der Waals surface area contributed by atoms with Crippen LogP contribution in [0.5, 0.6) is 5.75 Å². The summed E-state index contributed by atoms with van der Waals surface area (Å²) >= 11 is 0. The highest BCUT2D eigenvalue weighted by atomic mass is 19.4. The molecule has 0 aliphatic rings. The van der Waals surface area contributed by atoms with Crippen molar-refractivity contribution in [3.05, 3.63) is 65.7 Å². The van der Waals surface area contributed by atoms with Crippen LogP contribution >= 0.6 is 0 Å². The van der Waals surface area contributed by atoms with Crippen LogP contribution in [0, 0.1) is 0 Å². The molecule has 0 radical (unpaired) electrons. The minimum absolute atomic E-state index is 0.302. The number of amides is 2. The molecule has 5 nitrogen and oxygen atoms in total. The second-order valence-corrected chi connectivity index (χ2v) is 5.48. The molecule has 0 fully saturated rings. The average molecular weight is 378 g/mol. The van der Waals surface area contributed by atoms with Gasteiger partial charge in [0.2, 0.25) is 5.91 Å². The number of carbonyl (C=O) groups excluding carboxylic acids is 2. The Bertz CT molecular complexity index is 831. The van der Waals surface area contributed by atoms with Crippen molar-refractivity contribution in [2.45, 2.75) is 12.7 Å². The predicted molar refractivity (Wildman–Crippen MR) is 95.0 cm³/mol. The first-order valence-electron chi connectivity index (χ1n) is 7.85. The van der Waals surface area contributed by atoms with Crippen molar-refractivity contribution in [1.29, 1.82) is 0 Å². The number of halogens is 3. The number of alkyl halides is 3. The van der Waals surface area contributed by atoms with Gasteiger partial charge in [0.05, 0.1) is 7.11 Å². The van der Waals surface area contributed by atoms with Gasteiger partial charge in [-0.1, -0.05) is 24.3 Å². The number of hydrogen-bond acceptors (Lipinski definition) is 3. The molecular formula is C19H17F3N2O3. The Morgan fingerprint density at radius 3 is 2.44 bits per heavy atom. The molecule has 27 heavy (non-hydrogen) atoms. The summed E-state index contributed by atoms with van der Waals surface area (Å²) in [7, 11) is 1.56. The fourth-order valence-corrected chi connectivity index (χ4v) is 2.11. The Morgan fingerprint density at radius 2 is 1.81 bits per heavy atom. The van der Waals surface area contributed by atoms with E-state index >= 15 is 0 Å². The smallest absolute Gasteiger partial charge is 0.471 e. The molecule has 0 bridgehead atoms. The number of ether oxygens (including phenoxy) is 1. The Kier molecular flexibility index (Phi) is 6.59. The Labute approximate surface area is 153 Å². The minimum atomic E-state index is -4.93. The lowest BCUT2D eigenvalue weighted by Crippen LogP contribution is -2.36. The number of carbonyl (C=O) groups is 2. The van der Waals surface area contributed by atoms with E-state index in [0.717, 1.165) is 5.56 Å². The maximum Gasteiger partial charge on any atom is 0.471 e. The van der Waals surface area contributed by atoms with Crippen LogP contribution in [0.3, 0.4) is 0 Å². The zero-order valence-electron chi connectivity index (χ0n) is 14.3. The molecule has 2 aromatic rings. The summed E-state index contributed by atoms with van der Waals surface area (Å²) in [5.41, 5.74) is 1.62. The van der Waals surface area contributed by atoms with Crippen molar-refractivity contribution in [1.82, 2.24) is 5.32 Å². The van der Waals surface area contributed by atoms with Crippen molar-refractivity contribution in [3.63, 3.8) is 0 Å². The molecule has 8 heteroatoms. The number of benzene rings is 2. The van der Waals surface area contributed by atoms with Crippen LogP contribution in [-0.4, -0.2) is 25.1 Å². The molecule has 0 atom stereocenters. The third-order valence-corrected chi connectivity index (χ3v) is 3.45. The largest absolute Gasteiger partial charge is 0.497 e. The first kappa shape index (κ1) is 20.0. The number of rotatable bonds is 6. The molecule has 2 amide bonds. The number of methoxy groups -OCH3 is 1. The van der Waals surface area contributed by atoms with Gasteiger partial charge in [-0.2, -0.15) is 13.2 Å². The van der Waals surface area contributed by atoms with Crippen molar-refractivity contribution in [3.8, 4) is 5.75 Å². The fourth-order valence-electron chi connectivity index (χ4n) is 2.11. The number of hydrogen-bond donors (Lipinski definition) is 2. The zero-order chi connectivity index (χ0) is 19.9. The maximum absolute atomic E-state index is 12.2. The second-order valence-electron chi connectivity index (χ2n) is 5.48. The van der Waals surface area contributed by atoms with Gasteiger partial charge in [0.15, 0.2) is 0 Å². The molecule has 0 aliphatic carbocycles. The molecule has 2 rings (SSSR count). The van der Waals surface area contributed by atoms with Crippen LogP contribution in [0.25, 0.3) is 6.08 Å². The maximum atomic E-state index is 12.2. The summed E-state index contributed by atoms with van der Waals surface area (Å²) in [6.07, 6.45) is -1.99. The van der Waals surface area contributed by atoms with E-state index in [4.69, 9.17) is 4.74 Å². The zero-order valence-corrected chi connectivity index (χ0v) is 14.3. The van der Waals surface area contributed by atoms with E-state index in [9.17, 15) is 22.8 Å². The lowest BCUT2D eigenvalue weighted by molar-refractivity contribution is -0.173. The van der Waals surface area contributed by atoms with Gasteiger partial charge in [-0.15, -0.1) is 0 Å². The van der Waals surface area contributed by atoms with E-state index in [1.54, 1.807) is 61.0 Å². The fraction of sp³-hybridized carbons (Fsp3) is 0.158. The van der Waals surface area contributed by atoms with E-state index in [-0.39, 0.29) is 6.54 Å². The molecule has 0 saturated heterocycles. The third kappa shape index (κ3) is 6.50. The molecular weight excluding hydrogens is 361 g/mol. The van der Waals surface area contributed by atoms with Crippen LogP contribution < -0.4 is 15.4 Å². The topological polar surface area (TPSA) is 67.4 Å². The number of nitrogens with one attached hydrogen (secondary N) is 2. The Hall–Kier alpha value is -3.29. The van der Waals surface area contributed by atoms with Gasteiger partial charge in [0.1, 0.15) is 5.75 Å². The van der Waals surface area contributed by atoms with Crippen molar-refractivity contribution in [2.24, 2.45) is 0 Å². The molecule has 0 unspecified atom stereocenters. The van der Waals surface area contributed by atoms with Gasteiger partial charge in [-0.25, -0.2) is 0 Å². The van der Waals surface area contributed by atoms with Gasteiger partial charge in [-0.3, -0.25) is 9.59 Å². The number of anilines is 1. The van der Waals surface area contributed by atoms with E-state index < -0.39 is 18.0 Å². The van der Waals surface area contributed by atoms with Gasteiger partial charge >= 0.3 is 12.1 Å². The van der Waals surface area contributed by atoms with E-state index in [2.05, 4.69) is 5.32 Å². The molecule has 0 aromatic heterocycles. The van der Waals surface area contributed by atoms with Crippen LogP contribution in [0.15, 0.2) is 54.6 Å². The highest BCUT2D eigenvalue weighted by Gasteiger charge is 2.38. The summed E-state index contributed by atoms with van der Waals surface area (Å²) in [6, 6.07) is 13.3. The van der Waals surface area contributed by atoms with Crippen molar-refractivity contribution < 1.29 is 27.5 Å². The molecule has 142 valence electrons. The summed E-state index contributed by atoms with van der Waals surface area (Å²) in [4.78, 5) is 22.8. The van der Waals surface area contributed by atoms with Crippen LogP contribution in [-0.2, 0) is 16.1 Å². The highest BCUT2D eigenvalue weighted by Crippen LogP contribution is 2.16. The highest BCUT2D eigenvalue weighted by molar-refractivity contribution is 6.01. The first-order valence-corrected chi connectivity index (χ1v) is 7.85. The normalized spacial score (nSPS) is 11.3. The minimum Gasteiger partial charge on any atom is -0.497 e. The summed E-state index contributed by atoms with van der Waals surface area (Å²) in [5.74, 6) is -1.72. The lowest BCUT2D eigenvalue weighted by Gasteiger charge is -2.09. The predicted octanol–water partition coefficient (Wildman–Crippen LogP) is 3.53. The van der Waals surface area contributed by atoms with Gasteiger partial charge in [-0.05, 0) is 41.5 Å². The van der Waals surface area contributed by atoms with E-state index in [1.807, 2.05) is 0 Å². The van der Waals surface area contributed by atoms with E-state index in [0.29, 0.717) is 17.0 Å². The van der Waals surface area contributed by atoms with Crippen molar-refractivity contribution in [2.75, 3.05) is 12.4 Å². The van der Waals surface area contributed by atoms with Crippen molar-refractivity contribution >= 4 is 23.6 Å².